The predicted octanol–water partition coefficient (Wildman–Crippen LogP) is 2.23. The Morgan fingerprint density at radius 3 is 3.11 bits per heavy atom. The van der Waals surface area contributed by atoms with E-state index in [0.29, 0.717) is 5.89 Å². The lowest BCUT2D eigenvalue weighted by atomic mass is 10.2. The summed E-state index contributed by atoms with van der Waals surface area (Å²) < 4.78 is 5.22. The van der Waals surface area contributed by atoms with Crippen molar-refractivity contribution in [1.29, 1.82) is 0 Å². The molecule has 0 atom stereocenters. The molecule has 0 aromatic carbocycles. The van der Waals surface area contributed by atoms with Crippen LogP contribution in [0.4, 0.5) is 0 Å². The first kappa shape index (κ1) is 11.2. The van der Waals surface area contributed by atoms with Gasteiger partial charge in [0.05, 0.1) is 6.20 Å². The summed E-state index contributed by atoms with van der Waals surface area (Å²) in [7, 11) is 0. The highest BCUT2D eigenvalue weighted by atomic mass is 32.1. The molecule has 1 N–H and O–H groups in total. The summed E-state index contributed by atoms with van der Waals surface area (Å²) in [4.78, 5) is 5.63. The van der Waals surface area contributed by atoms with E-state index in [2.05, 4.69) is 31.8 Å². The maximum atomic E-state index is 5.22. The van der Waals surface area contributed by atoms with Crippen molar-refractivity contribution in [1.82, 2.24) is 20.3 Å². The fourth-order valence-electron chi connectivity index (χ4n) is 1.70. The number of nitrogens with one attached hydrogen (secondary N) is 1. The zero-order valence-electron chi connectivity index (χ0n) is 9.67. The molecule has 0 saturated carbocycles. The Morgan fingerprint density at radius 2 is 2.33 bits per heavy atom. The smallest absolute Gasteiger partial charge is 0.226 e. The van der Waals surface area contributed by atoms with E-state index < -0.39 is 0 Å². The third-order valence-electron chi connectivity index (χ3n) is 2.60. The van der Waals surface area contributed by atoms with Crippen molar-refractivity contribution in [2.24, 2.45) is 0 Å². The molecule has 92 valence electrons. The van der Waals surface area contributed by atoms with Gasteiger partial charge in [0.25, 0.3) is 0 Å². The minimum absolute atomic E-state index is 0.683. The van der Waals surface area contributed by atoms with Crippen LogP contribution in [0.2, 0.25) is 0 Å². The van der Waals surface area contributed by atoms with Gasteiger partial charge in [-0.25, -0.2) is 0 Å². The van der Waals surface area contributed by atoms with Gasteiger partial charge < -0.3 is 4.52 Å². The highest BCUT2D eigenvalue weighted by Gasteiger charge is 2.08. The van der Waals surface area contributed by atoms with Crippen LogP contribution >= 0.6 is 11.3 Å². The van der Waals surface area contributed by atoms with Gasteiger partial charge in [0.1, 0.15) is 0 Å². The number of aromatic amines is 1. The van der Waals surface area contributed by atoms with Gasteiger partial charge in [0.2, 0.25) is 5.89 Å². The lowest BCUT2D eigenvalue weighted by Crippen LogP contribution is -1.92. The van der Waals surface area contributed by atoms with E-state index in [4.69, 9.17) is 4.52 Å². The molecule has 0 bridgehead atoms. The van der Waals surface area contributed by atoms with Crippen molar-refractivity contribution in [3.63, 3.8) is 0 Å². The molecule has 18 heavy (non-hydrogen) atoms. The van der Waals surface area contributed by atoms with Crippen LogP contribution in [-0.4, -0.2) is 20.3 Å². The molecular formula is C12H12N4OS. The van der Waals surface area contributed by atoms with Crippen molar-refractivity contribution < 1.29 is 4.52 Å². The summed E-state index contributed by atoms with van der Waals surface area (Å²) in [5, 5.41) is 12.7. The molecule has 0 aliphatic carbocycles. The second kappa shape index (κ2) is 5.14. The minimum atomic E-state index is 0.683. The number of aryl methyl sites for hydroxylation is 2. The van der Waals surface area contributed by atoms with Crippen LogP contribution in [0.5, 0.6) is 0 Å². The summed E-state index contributed by atoms with van der Waals surface area (Å²) in [5.74, 6) is 1.43. The van der Waals surface area contributed by atoms with Crippen LogP contribution in [0.1, 0.15) is 22.2 Å². The van der Waals surface area contributed by atoms with Crippen LogP contribution < -0.4 is 0 Å². The second-order valence-corrected chi connectivity index (χ2v) is 5.00. The summed E-state index contributed by atoms with van der Waals surface area (Å²) in [6.45, 7) is 0. The summed E-state index contributed by atoms with van der Waals surface area (Å²) >= 11 is 1.70. The molecule has 3 heterocycles. The lowest BCUT2D eigenvalue weighted by molar-refractivity contribution is 0.374. The SMILES string of the molecule is c1csc(Cc2noc(CCc3cn[nH]c3)n2)c1. The molecule has 0 amide bonds. The van der Waals surface area contributed by atoms with E-state index in [0.717, 1.165) is 30.7 Å². The van der Waals surface area contributed by atoms with E-state index >= 15 is 0 Å². The zero-order chi connectivity index (χ0) is 12.2. The number of hydrogen-bond acceptors (Lipinski definition) is 5. The van der Waals surface area contributed by atoms with Crippen LogP contribution in [0.15, 0.2) is 34.4 Å². The Balaban J connectivity index is 1.59. The lowest BCUT2D eigenvalue weighted by Gasteiger charge is -1.90. The topological polar surface area (TPSA) is 67.6 Å². The van der Waals surface area contributed by atoms with Crippen LogP contribution in [0.25, 0.3) is 0 Å². The summed E-state index contributed by atoms with van der Waals surface area (Å²) in [6.07, 6.45) is 6.03. The number of hydrogen-bond donors (Lipinski definition) is 1. The average Bonchev–Trinajstić information content (AvgIpc) is 3.09. The second-order valence-electron chi connectivity index (χ2n) is 3.97. The molecule has 0 aliphatic heterocycles. The zero-order valence-corrected chi connectivity index (χ0v) is 10.5. The highest BCUT2D eigenvalue weighted by molar-refractivity contribution is 7.09. The quantitative estimate of drug-likeness (QED) is 0.764. The maximum Gasteiger partial charge on any atom is 0.226 e. The number of rotatable bonds is 5. The molecular weight excluding hydrogens is 248 g/mol. The molecule has 3 rings (SSSR count). The van der Waals surface area contributed by atoms with Crippen LogP contribution in [0.3, 0.4) is 0 Å². The third kappa shape index (κ3) is 2.65. The van der Waals surface area contributed by atoms with Gasteiger partial charge in [0.15, 0.2) is 5.82 Å². The molecule has 0 saturated heterocycles. The first-order chi connectivity index (χ1) is 8.90. The summed E-state index contributed by atoms with van der Waals surface area (Å²) in [6, 6.07) is 4.10. The Labute approximate surface area is 108 Å². The van der Waals surface area contributed by atoms with Crippen molar-refractivity contribution in [2.45, 2.75) is 19.3 Å². The standard InChI is InChI=1S/C12H12N4OS/c1-2-10(18-5-1)6-11-15-12(17-16-11)4-3-9-7-13-14-8-9/h1-2,5,7-8H,3-4,6H2,(H,13,14). The average molecular weight is 260 g/mol. The molecule has 0 aliphatic rings. The predicted molar refractivity (Wildman–Crippen MR) is 67.4 cm³/mol. The number of nitrogens with zero attached hydrogens (tertiary/aromatic N) is 3. The number of H-pyrrole nitrogens is 1. The van der Waals surface area contributed by atoms with E-state index in [1.54, 1.807) is 11.3 Å². The molecule has 0 radical (unpaired) electrons. The fourth-order valence-corrected chi connectivity index (χ4v) is 2.40. The molecule has 5 nitrogen and oxygen atoms in total. The van der Waals surface area contributed by atoms with Gasteiger partial charge >= 0.3 is 0 Å². The van der Waals surface area contributed by atoms with Gasteiger partial charge in [-0.1, -0.05) is 11.2 Å². The molecule has 3 aromatic heterocycles. The van der Waals surface area contributed by atoms with Crippen molar-refractivity contribution in [2.75, 3.05) is 0 Å². The monoisotopic (exact) mass is 260 g/mol. The van der Waals surface area contributed by atoms with E-state index in [1.807, 2.05) is 18.5 Å². The fraction of sp³-hybridized carbons (Fsp3) is 0.250. The van der Waals surface area contributed by atoms with Crippen molar-refractivity contribution in [3.8, 4) is 0 Å². The highest BCUT2D eigenvalue weighted by Crippen LogP contribution is 2.13. The molecule has 6 heteroatoms. The first-order valence-electron chi connectivity index (χ1n) is 5.71. The molecule has 0 spiro atoms. The summed E-state index contributed by atoms with van der Waals surface area (Å²) in [5.41, 5.74) is 1.15. The maximum absolute atomic E-state index is 5.22. The van der Waals surface area contributed by atoms with E-state index in [-0.39, 0.29) is 0 Å². The van der Waals surface area contributed by atoms with Crippen LogP contribution in [0, 0.1) is 0 Å². The van der Waals surface area contributed by atoms with Crippen molar-refractivity contribution >= 4 is 11.3 Å². The normalized spacial score (nSPS) is 10.9. The van der Waals surface area contributed by atoms with Gasteiger partial charge in [0, 0.05) is 23.9 Å². The van der Waals surface area contributed by atoms with Crippen LogP contribution in [-0.2, 0) is 19.3 Å². The van der Waals surface area contributed by atoms with Gasteiger partial charge in [-0.3, -0.25) is 5.10 Å². The first-order valence-corrected chi connectivity index (χ1v) is 6.59. The Kier molecular flexibility index (Phi) is 3.18. The Bertz CT molecular complexity index is 585. The largest absolute Gasteiger partial charge is 0.339 e. The van der Waals surface area contributed by atoms with Gasteiger partial charge in [-0.2, -0.15) is 10.1 Å². The van der Waals surface area contributed by atoms with E-state index in [1.165, 1.54) is 4.88 Å². The number of aromatic nitrogens is 4. The van der Waals surface area contributed by atoms with Gasteiger partial charge in [-0.15, -0.1) is 11.3 Å². The molecule has 3 aromatic rings. The molecule has 0 unspecified atom stereocenters. The van der Waals surface area contributed by atoms with Crippen molar-refractivity contribution in [3.05, 3.63) is 52.1 Å². The Morgan fingerprint density at radius 1 is 1.33 bits per heavy atom. The Hall–Kier alpha value is -1.95. The number of thiophene rings is 1. The third-order valence-corrected chi connectivity index (χ3v) is 3.48. The van der Waals surface area contributed by atoms with E-state index in [9.17, 15) is 0 Å². The molecule has 0 fully saturated rings. The van der Waals surface area contributed by atoms with Gasteiger partial charge in [-0.05, 0) is 23.4 Å². The minimum Gasteiger partial charge on any atom is -0.339 e.